The summed E-state index contributed by atoms with van der Waals surface area (Å²) in [5.41, 5.74) is 11.2. The number of aldehydes is 1. The van der Waals surface area contributed by atoms with Crippen molar-refractivity contribution < 1.29 is 9.90 Å². The van der Waals surface area contributed by atoms with E-state index < -0.39 is 0 Å². The fourth-order valence-corrected chi connectivity index (χ4v) is 6.30. The van der Waals surface area contributed by atoms with E-state index in [0.29, 0.717) is 27.8 Å². The molecule has 0 amide bonds. The number of hydrogen-bond acceptors (Lipinski definition) is 6. The van der Waals surface area contributed by atoms with Gasteiger partial charge in [-0.25, -0.2) is 0 Å². The average Bonchev–Trinajstić information content (AvgIpc) is 3.57. The molecule has 6 nitrogen and oxygen atoms in total. The number of fused-ring (bicyclic) bond motifs is 6. The summed E-state index contributed by atoms with van der Waals surface area (Å²) in [5, 5.41) is 49.8. The Balaban J connectivity index is 1.47. The average molecular weight is 575 g/mol. The Morgan fingerprint density at radius 2 is 0.844 bits per heavy atom. The molecule has 0 unspecified atom stereocenters. The standard InChI is InChI=1S/C39H18N4O2/c40-17-27(18-41)38-34-13-25(23-3-1-22(21-44)2-4-23)7-11-30(34)32-15-33-31-12-8-26(24-5-9-29(45)10-6-24)14-35(31)39(28(19-42)20-43)37(33)16-36(32)38/h1-16,21,45H. The van der Waals surface area contributed by atoms with E-state index in [1.807, 2.05) is 60.7 Å². The maximum Gasteiger partial charge on any atom is 0.150 e. The van der Waals surface area contributed by atoms with Crippen molar-refractivity contribution in [3.05, 3.63) is 136 Å². The Kier molecular flexibility index (Phi) is 6.20. The first kappa shape index (κ1) is 26.9. The zero-order chi connectivity index (χ0) is 31.2. The fourth-order valence-electron chi connectivity index (χ4n) is 6.30. The van der Waals surface area contributed by atoms with Gasteiger partial charge >= 0.3 is 0 Å². The summed E-state index contributed by atoms with van der Waals surface area (Å²) < 4.78 is 0. The summed E-state index contributed by atoms with van der Waals surface area (Å²) in [5.74, 6) is 0.153. The van der Waals surface area contributed by atoms with Gasteiger partial charge in [-0.2, -0.15) is 21.0 Å². The number of nitrogens with zero attached hydrogens (tertiary/aromatic N) is 4. The number of aromatic hydroxyl groups is 1. The van der Waals surface area contributed by atoms with Gasteiger partial charge < -0.3 is 5.11 Å². The van der Waals surface area contributed by atoms with E-state index in [1.54, 1.807) is 36.4 Å². The Morgan fingerprint density at radius 1 is 0.467 bits per heavy atom. The molecule has 0 aromatic heterocycles. The minimum atomic E-state index is -0.0418. The van der Waals surface area contributed by atoms with Gasteiger partial charge in [-0.3, -0.25) is 4.79 Å². The van der Waals surface area contributed by atoms with Gasteiger partial charge in [-0.1, -0.05) is 60.7 Å². The molecule has 0 spiro atoms. The van der Waals surface area contributed by atoms with Crippen molar-refractivity contribution >= 4 is 17.4 Å². The van der Waals surface area contributed by atoms with Crippen LogP contribution in [0, 0.1) is 45.3 Å². The molecular formula is C39H18N4O2. The predicted octanol–water partition coefficient (Wildman–Crippen LogP) is 8.20. The van der Waals surface area contributed by atoms with Gasteiger partial charge in [0.05, 0.1) is 0 Å². The molecule has 0 bridgehead atoms. The molecule has 0 radical (unpaired) electrons. The number of hydrogen-bond donors (Lipinski definition) is 1. The molecular weight excluding hydrogens is 556 g/mol. The molecule has 5 aromatic rings. The smallest absolute Gasteiger partial charge is 0.150 e. The highest BCUT2D eigenvalue weighted by Gasteiger charge is 2.34. The van der Waals surface area contributed by atoms with Crippen LogP contribution in [0.3, 0.4) is 0 Å². The number of allylic oxidation sites excluding steroid dienone is 2. The Hall–Kier alpha value is -6.99. The van der Waals surface area contributed by atoms with Crippen molar-refractivity contribution in [2.45, 2.75) is 0 Å². The topological polar surface area (TPSA) is 132 Å². The van der Waals surface area contributed by atoms with E-state index in [4.69, 9.17) is 0 Å². The second-order valence-corrected chi connectivity index (χ2v) is 10.7. The monoisotopic (exact) mass is 574 g/mol. The Morgan fingerprint density at radius 3 is 1.27 bits per heavy atom. The third kappa shape index (κ3) is 4.11. The first-order valence-corrected chi connectivity index (χ1v) is 13.9. The van der Waals surface area contributed by atoms with Gasteiger partial charge in [0.25, 0.3) is 0 Å². The summed E-state index contributed by atoms with van der Waals surface area (Å²) in [6.45, 7) is 0. The molecule has 206 valence electrons. The zero-order valence-electron chi connectivity index (χ0n) is 23.5. The molecule has 0 aliphatic heterocycles. The maximum atomic E-state index is 11.2. The van der Waals surface area contributed by atoms with Crippen molar-refractivity contribution in [3.8, 4) is 74.5 Å². The largest absolute Gasteiger partial charge is 0.508 e. The van der Waals surface area contributed by atoms with E-state index in [0.717, 1.165) is 61.9 Å². The van der Waals surface area contributed by atoms with Crippen LogP contribution in [0.2, 0.25) is 0 Å². The van der Waals surface area contributed by atoms with Gasteiger partial charge in [0, 0.05) is 16.7 Å². The Labute approximate surface area is 258 Å². The van der Waals surface area contributed by atoms with Crippen LogP contribution in [0.15, 0.2) is 108 Å². The van der Waals surface area contributed by atoms with Crippen LogP contribution in [0.25, 0.3) is 55.7 Å². The summed E-state index contributed by atoms with van der Waals surface area (Å²) in [4.78, 5) is 11.2. The van der Waals surface area contributed by atoms with Crippen molar-refractivity contribution in [1.29, 1.82) is 21.0 Å². The molecule has 1 N–H and O–H groups in total. The number of carbonyl (C=O) groups is 1. The minimum absolute atomic E-state index is 0.0410. The van der Waals surface area contributed by atoms with Gasteiger partial charge in [-0.05, 0) is 103 Å². The third-order valence-corrected chi connectivity index (χ3v) is 8.38. The quantitative estimate of drug-likeness (QED) is 0.167. The molecule has 2 aliphatic carbocycles. The number of phenols is 1. The lowest BCUT2D eigenvalue weighted by Crippen LogP contribution is -1.92. The van der Waals surface area contributed by atoms with Gasteiger partial charge in [0.2, 0.25) is 0 Å². The molecule has 6 heteroatoms. The van der Waals surface area contributed by atoms with Crippen molar-refractivity contribution in [1.82, 2.24) is 0 Å². The van der Waals surface area contributed by atoms with E-state index in [2.05, 4.69) is 24.3 Å². The SMILES string of the molecule is N#CC(C#N)=C1c2cc(-c3ccc(O)cc3)ccc2-c2cc3c(cc21)C(=C(C#N)C#N)c1cc(-c2ccc(C=O)cc2)ccc1-3. The number of rotatable bonds is 3. The third-order valence-electron chi connectivity index (χ3n) is 8.38. The van der Waals surface area contributed by atoms with Crippen LogP contribution < -0.4 is 0 Å². The lowest BCUT2D eigenvalue weighted by Gasteiger charge is -2.08. The van der Waals surface area contributed by atoms with E-state index >= 15 is 0 Å². The van der Waals surface area contributed by atoms with Crippen molar-refractivity contribution in [2.75, 3.05) is 0 Å². The second kappa shape index (κ2) is 10.4. The van der Waals surface area contributed by atoms with Crippen molar-refractivity contribution in [2.24, 2.45) is 0 Å². The van der Waals surface area contributed by atoms with Crippen LogP contribution in [0.1, 0.15) is 32.6 Å². The van der Waals surface area contributed by atoms with Crippen molar-refractivity contribution in [3.63, 3.8) is 0 Å². The van der Waals surface area contributed by atoms with Crippen LogP contribution in [0.5, 0.6) is 5.75 Å². The summed E-state index contributed by atoms with van der Waals surface area (Å²) in [7, 11) is 0. The molecule has 2 aliphatic rings. The summed E-state index contributed by atoms with van der Waals surface area (Å²) in [6.07, 6.45) is 0.786. The minimum Gasteiger partial charge on any atom is -0.508 e. The second-order valence-electron chi connectivity index (χ2n) is 10.7. The zero-order valence-corrected chi connectivity index (χ0v) is 23.5. The number of nitriles is 4. The van der Waals surface area contributed by atoms with Crippen LogP contribution in [0.4, 0.5) is 0 Å². The molecule has 5 aromatic carbocycles. The molecule has 7 rings (SSSR count). The molecule has 0 atom stereocenters. The van der Waals surface area contributed by atoms with Gasteiger partial charge in [-0.15, -0.1) is 0 Å². The molecule has 0 heterocycles. The number of phenolic OH excluding ortho intramolecular Hbond substituents is 1. The van der Waals surface area contributed by atoms with Crippen LogP contribution in [-0.4, -0.2) is 11.4 Å². The lowest BCUT2D eigenvalue weighted by atomic mass is 9.92. The fraction of sp³-hybridized carbons (Fsp3) is 0. The first-order valence-electron chi connectivity index (χ1n) is 13.9. The predicted molar refractivity (Wildman–Crippen MR) is 170 cm³/mol. The van der Waals surface area contributed by atoms with Gasteiger partial charge in [0.1, 0.15) is 47.5 Å². The highest BCUT2D eigenvalue weighted by Crippen LogP contribution is 2.54. The summed E-state index contributed by atoms with van der Waals surface area (Å²) in [6, 6.07) is 37.9. The maximum absolute atomic E-state index is 11.2. The highest BCUT2D eigenvalue weighted by molar-refractivity contribution is 6.11. The highest BCUT2D eigenvalue weighted by atomic mass is 16.3. The van der Waals surface area contributed by atoms with E-state index in [1.165, 1.54) is 0 Å². The van der Waals surface area contributed by atoms with Gasteiger partial charge in [0.15, 0.2) is 0 Å². The van der Waals surface area contributed by atoms with Crippen LogP contribution >= 0.6 is 0 Å². The summed E-state index contributed by atoms with van der Waals surface area (Å²) >= 11 is 0. The number of carbonyl (C=O) groups excluding carboxylic acids is 1. The molecule has 0 saturated heterocycles. The van der Waals surface area contributed by atoms with E-state index in [9.17, 15) is 30.9 Å². The lowest BCUT2D eigenvalue weighted by molar-refractivity contribution is 0.112. The molecule has 0 fully saturated rings. The Bertz CT molecular complexity index is 2340. The first-order chi connectivity index (χ1) is 22.0. The molecule has 0 saturated carbocycles. The number of benzene rings is 5. The normalized spacial score (nSPS) is 11.6. The van der Waals surface area contributed by atoms with Crippen LogP contribution in [-0.2, 0) is 0 Å². The van der Waals surface area contributed by atoms with E-state index in [-0.39, 0.29) is 16.9 Å². The molecule has 45 heavy (non-hydrogen) atoms.